The van der Waals surface area contributed by atoms with Crippen LogP contribution in [0.4, 0.5) is 10.5 Å². The van der Waals surface area contributed by atoms with Crippen molar-refractivity contribution in [2.24, 2.45) is 0 Å². The number of fused-ring (bicyclic) bond motifs is 3. The third kappa shape index (κ3) is 4.18. The Morgan fingerprint density at radius 1 is 1.11 bits per heavy atom. The zero-order valence-electron chi connectivity index (χ0n) is 15.2. The summed E-state index contributed by atoms with van der Waals surface area (Å²) < 4.78 is 12.5. The Hall–Kier alpha value is -2.85. The Balaban J connectivity index is 1.99. The Morgan fingerprint density at radius 2 is 1.82 bits per heavy atom. The van der Waals surface area contributed by atoms with Gasteiger partial charge in [0.2, 0.25) is 0 Å². The standard InChI is InChI=1S/C18H17NO7S2/c1-18(2,3)26-17(24)19-8-4-5-9-10(6-8)27-14-12(25-7-11(20)21)15(16(22)23)28-13(9)14/h4-6H,7H2,1-3H3,(H,19,24)(H,20,21)(H,22,23). The molecule has 0 aliphatic heterocycles. The number of amides is 1. The zero-order chi connectivity index (χ0) is 20.6. The summed E-state index contributed by atoms with van der Waals surface area (Å²) in [7, 11) is 0. The van der Waals surface area contributed by atoms with E-state index in [9.17, 15) is 19.5 Å². The van der Waals surface area contributed by atoms with Crippen LogP contribution in [0.5, 0.6) is 5.75 Å². The normalized spacial score (nSPS) is 11.5. The van der Waals surface area contributed by atoms with Gasteiger partial charge in [0.05, 0.1) is 9.40 Å². The zero-order valence-corrected chi connectivity index (χ0v) is 16.8. The molecule has 1 aromatic carbocycles. The molecule has 8 nitrogen and oxygen atoms in total. The highest BCUT2D eigenvalue weighted by Gasteiger charge is 2.24. The van der Waals surface area contributed by atoms with E-state index >= 15 is 0 Å². The lowest BCUT2D eigenvalue weighted by atomic mass is 10.2. The molecule has 0 unspecified atom stereocenters. The van der Waals surface area contributed by atoms with Gasteiger partial charge < -0.3 is 19.7 Å². The summed E-state index contributed by atoms with van der Waals surface area (Å²) in [5, 5.41) is 21.7. The van der Waals surface area contributed by atoms with Crippen LogP contribution in [0.2, 0.25) is 0 Å². The van der Waals surface area contributed by atoms with Gasteiger partial charge in [0.25, 0.3) is 0 Å². The molecule has 0 radical (unpaired) electrons. The minimum atomic E-state index is -1.19. The SMILES string of the molecule is CC(C)(C)OC(=O)Nc1ccc2c(c1)sc1c(OCC(=O)O)c(C(=O)O)sc12. The maximum atomic E-state index is 11.9. The van der Waals surface area contributed by atoms with Gasteiger partial charge in [-0.2, -0.15) is 0 Å². The lowest BCUT2D eigenvalue weighted by molar-refractivity contribution is -0.139. The molecule has 0 fully saturated rings. The summed E-state index contributed by atoms with van der Waals surface area (Å²) >= 11 is 2.30. The summed E-state index contributed by atoms with van der Waals surface area (Å²) in [4.78, 5) is 34.2. The second kappa shape index (κ2) is 7.28. The van der Waals surface area contributed by atoms with Gasteiger partial charge >= 0.3 is 18.0 Å². The van der Waals surface area contributed by atoms with Crippen LogP contribution in [0.1, 0.15) is 30.4 Å². The molecule has 0 bridgehead atoms. The lowest BCUT2D eigenvalue weighted by Gasteiger charge is -2.19. The molecule has 3 N–H and O–H groups in total. The maximum Gasteiger partial charge on any atom is 0.412 e. The monoisotopic (exact) mass is 423 g/mol. The van der Waals surface area contributed by atoms with E-state index in [0.717, 1.165) is 21.4 Å². The van der Waals surface area contributed by atoms with Crippen LogP contribution in [-0.2, 0) is 9.53 Å². The van der Waals surface area contributed by atoms with Crippen molar-refractivity contribution in [1.29, 1.82) is 0 Å². The van der Waals surface area contributed by atoms with Gasteiger partial charge in [-0.3, -0.25) is 5.32 Å². The maximum absolute atomic E-state index is 11.9. The van der Waals surface area contributed by atoms with E-state index in [0.29, 0.717) is 15.1 Å². The predicted molar refractivity (Wildman–Crippen MR) is 107 cm³/mol. The van der Waals surface area contributed by atoms with Crippen molar-refractivity contribution in [1.82, 2.24) is 0 Å². The van der Waals surface area contributed by atoms with Crippen LogP contribution < -0.4 is 10.1 Å². The minimum Gasteiger partial charge on any atom is -0.479 e. The van der Waals surface area contributed by atoms with Crippen LogP contribution in [0.3, 0.4) is 0 Å². The molecule has 28 heavy (non-hydrogen) atoms. The van der Waals surface area contributed by atoms with E-state index in [-0.39, 0.29) is 10.6 Å². The fourth-order valence-electron chi connectivity index (χ4n) is 2.48. The highest BCUT2D eigenvalue weighted by molar-refractivity contribution is 7.34. The third-order valence-electron chi connectivity index (χ3n) is 3.44. The first kappa shape index (κ1) is 19.9. The minimum absolute atomic E-state index is 0.0413. The van der Waals surface area contributed by atoms with E-state index in [1.54, 1.807) is 39.0 Å². The Morgan fingerprint density at radius 3 is 2.43 bits per heavy atom. The number of carbonyl (C=O) groups is 3. The van der Waals surface area contributed by atoms with Gasteiger partial charge in [-0.05, 0) is 32.9 Å². The third-order valence-corrected chi connectivity index (χ3v) is 5.91. The van der Waals surface area contributed by atoms with Crippen molar-refractivity contribution in [2.75, 3.05) is 11.9 Å². The smallest absolute Gasteiger partial charge is 0.412 e. The predicted octanol–water partition coefficient (Wildman–Crippen LogP) is 4.62. The summed E-state index contributed by atoms with van der Waals surface area (Å²) in [6.07, 6.45) is -0.580. The fourth-order valence-corrected chi connectivity index (χ4v) is 5.02. The summed E-state index contributed by atoms with van der Waals surface area (Å²) in [5.74, 6) is -2.32. The number of anilines is 1. The van der Waals surface area contributed by atoms with Crippen molar-refractivity contribution in [2.45, 2.75) is 26.4 Å². The Labute approximate surface area is 167 Å². The molecule has 1 amide bonds. The second-order valence-corrected chi connectivity index (χ2v) is 8.92. The van der Waals surface area contributed by atoms with E-state index in [2.05, 4.69) is 5.32 Å². The number of hydrogen-bond donors (Lipinski definition) is 3. The van der Waals surface area contributed by atoms with Crippen molar-refractivity contribution in [3.05, 3.63) is 23.1 Å². The quantitative estimate of drug-likeness (QED) is 0.547. The number of aliphatic carboxylic acids is 1. The number of aromatic carboxylic acids is 1. The van der Waals surface area contributed by atoms with Gasteiger partial charge in [-0.15, -0.1) is 22.7 Å². The number of hydrogen-bond acceptors (Lipinski definition) is 7. The molecule has 0 saturated carbocycles. The van der Waals surface area contributed by atoms with Crippen molar-refractivity contribution in [3.63, 3.8) is 0 Å². The molecule has 0 atom stereocenters. The molecular weight excluding hydrogens is 406 g/mol. The first-order valence-corrected chi connectivity index (χ1v) is 9.75. The molecule has 0 aliphatic carbocycles. The van der Waals surface area contributed by atoms with Crippen LogP contribution >= 0.6 is 22.7 Å². The molecule has 10 heteroatoms. The fraction of sp³-hybridized carbons (Fsp3) is 0.278. The average Bonchev–Trinajstić information content (AvgIpc) is 3.06. The number of carboxylic acid groups (broad SMARTS) is 2. The largest absolute Gasteiger partial charge is 0.479 e. The molecule has 3 aromatic rings. The number of carbonyl (C=O) groups excluding carboxylic acids is 1. The van der Waals surface area contributed by atoms with E-state index in [4.69, 9.17) is 14.6 Å². The summed E-state index contributed by atoms with van der Waals surface area (Å²) in [6, 6.07) is 5.21. The topological polar surface area (TPSA) is 122 Å². The Bertz CT molecular complexity index is 1090. The van der Waals surface area contributed by atoms with Gasteiger partial charge in [-0.1, -0.05) is 6.07 Å². The molecule has 0 spiro atoms. The van der Waals surface area contributed by atoms with Crippen LogP contribution in [0.15, 0.2) is 18.2 Å². The second-order valence-electron chi connectivity index (χ2n) is 6.85. The van der Waals surface area contributed by atoms with Crippen molar-refractivity contribution < 1.29 is 34.1 Å². The van der Waals surface area contributed by atoms with Crippen LogP contribution in [0, 0.1) is 0 Å². The van der Waals surface area contributed by atoms with E-state index in [1.807, 2.05) is 0 Å². The number of nitrogens with one attached hydrogen (secondary N) is 1. The average molecular weight is 423 g/mol. The number of ether oxygens (including phenoxy) is 2. The molecule has 148 valence electrons. The van der Waals surface area contributed by atoms with Gasteiger partial charge in [0.1, 0.15) is 5.60 Å². The molecule has 2 aromatic heterocycles. The van der Waals surface area contributed by atoms with Crippen molar-refractivity contribution in [3.8, 4) is 5.75 Å². The van der Waals surface area contributed by atoms with E-state index < -0.39 is 30.2 Å². The first-order chi connectivity index (χ1) is 13.0. The molecule has 3 rings (SSSR count). The molecular formula is C18H17NO7S2. The van der Waals surface area contributed by atoms with E-state index in [1.165, 1.54) is 11.3 Å². The van der Waals surface area contributed by atoms with Crippen LogP contribution in [-0.4, -0.2) is 40.5 Å². The Kier molecular flexibility index (Phi) is 5.18. The van der Waals surface area contributed by atoms with Gasteiger partial charge in [-0.25, -0.2) is 14.4 Å². The van der Waals surface area contributed by atoms with Gasteiger partial charge in [0.15, 0.2) is 17.2 Å². The number of rotatable bonds is 5. The summed E-state index contributed by atoms with van der Waals surface area (Å²) in [5.41, 5.74) is -0.0920. The number of thiophene rings is 2. The first-order valence-electron chi connectivity index (χ1n) is 8.12. The lowest BCUT2D eigenvalue weighted by Crippen LogP contribution is -2.27. The number of carboxylic acids is 2. The van der Waals surface area contributed by atoms with Crippen molar-refractivity contribution >= 4 is 65.9 Å². The van der Waals surface area contributed by atoms with Gasteiger partial charge in [0, 0.05) is 15.8 Å². The number of benzene rings is 1. The van der Waals surface area contributed by atoms with Crippen LogP contribution in [0.25, 0.3) is 19.5 Å². The summed E-state index contributed by atoms with van der Waals surface area (Å²) in [6.45, 7) is 4.66. The molecule has 0 aliphatic rings. The highest BCUT2D eigenvalue weighted by Crippen LogP contribution is 2.47. The molecule has 0 saturated heterocycles. The highest BCUT2D eigenvalue weighted by atomic mass is 32.1. The molecule has 2 heterocycles.